The molecule has 2 aliphatic rings. The van der Waals surface area contributed by atoms with E-state index in [9.17, 15) is 10.1 Å². The van der Waals surface area contributed by atoms with Gasteiger partial charge in [0.25, 0.3) is 0 Å². The van der Waals surface area contributed by atoms with E-state index < -0.39 is 0 Å². The van der Waals surface area contributed by atoms with Gasteiger partial charge in [-0.3, -0.25) is 0 Å². The molecule has 0 bridgehead atoms. The van der Waals surface area contributed by atoms with Gasteiger partial charge in [0, 0.05) is 6.42 Å². The fourth-order valence-corrected chi connectivity index (χ4v) is 5.57. The van der Waals surface area contributed by atoms with Crippen LogP contribution in [0.1, 0.15) is 125 Å². The van der Waals surface area contributed by atoms with Gasteiger partial charge < -0.3 is 4.79 Å². The van der Waals surface area contributed by atoms with Crippen LogP contribution in [-0.4, -0.2) is 6.29 Å². The van der Waals surface area contributed by atoms with Crippen molar-refractivity contribution >= 4 is 6.29 Å². The van der Waals surface area contributed by atoms with Crippen LogP contribution in [0, 0.1) is 40.9 Å². The number of carbonyl (C=O) groups excluding carboxylic acids is 1. The highest BCUT2D eigenvalue weighted by atomic mass is 16.1. The third kappa shape index (κ3) is 12.7. The molecule has 0 N–H and O–H groups in total. The molecule has 0 aromatic rings. The number of rotatable bonds is 12. The fraction of sp³-hybridized carbons (Fsp3) is 0.750. The normalized spacial score (nSPS) is 22.5. The molecule has 2 fully saturated rings. The van der Waals surface area contributed by atoms with Crippen molar-refractivity contribution in [2.75, 3.05) is 0 Å². The lowest BCUT2D eigenvalue weighted by Gasteiger charge is -2.28. The number of aldehydes is 1. The molecule has 0 amide bonds. The Kier molecular flexibility index (Phi) is 20.8. The Hall–Kier alpha value is -1.62. The predicted octanol–water partition coefficient (Wildman–Crippen LogP) is 10.0. The quantitative estimate of drug-likeness (QED) is 0.162. The van der Waals surface area contributed by atoms with Crippen molar-refractivity contribution in [1.29, 1.82) is 5.26 Å². The molecule has 0 aromatic carbocycles. The molecule has 3 unspecified atom stereocenters. The Morgan fingerprint density at radius 2 is 1.71 bits per heavy atom. The monoisotopic (exact) mass is 469 g/mol. The van der Waals surface area contributed by atoms with Crippen LogP contribution >= 0.6 is 0 Å². The van der Waals surface area contributed by atoms with Crippen molar-refractivity contribution in [1.82, 2.24) is 0 Å². The number of carbonyl (C=O) groups is 1. The highest BCUT2D eigenvalue weighted by Crippen LogP contribution is 2.41. The molecule has 194 valence electrons. The predicted molar refractivity (Wildman–Crippen MR) is 150 cm³/mol. The molecule has 4 atom stereocenters. The van der Waals surface area contributed by atoms with Gasteiger partial charge in [-0.05, 0) is 82.0 Å². The second-order valence-electron chi connectivity index (χ2n) is 9.95. The smallest absolute Gasteiger partial charge is 0.120 e. The van der Waals surface area contributed by atoms with Gasteiger partial charge in [-0.1, -0.05) is 89.7 Å². The zero-order valence-corrected chi connectivity index (χ0v) is 23.2. The third-order valence-electron chi connectivity index (χ3n) is 7.33. The maximum atomic E-state index is 10.4. The molecule has 2 heteroatoms. The van der Waals surface area contributed by atoms with Crippen LogP contribution in [0.25, 0.3) is 0 Å². The van der Waals surface area contributed by atoms with Gasteiger partial charge in [0.2, 0.25) is 0 Å². The first-order valence-corrected chi connectivity index (χ1v) is 14.4. The van der Waals surface area contributed by atoms with Crippen LogP contribution in [0.15, 0.2) is 36.5 Å². The second-order valence-corrected chi connectivity index (χ2v) is 9.95. The first-order valence-electron chi connectivity index (χ1n) is 14.4. The molecule has 2 aliphatic carbocycles. The van der Waals surface area contributed by atoms with E-state index in [0.717, 1.165) is 37.9 Å². The second kappa shape index (κ2) is 21.9. The van der Waals surface area contributed by atoms with Crippen LogP contribution in [-0.2, 0) is 4.79 Å². The van der Waals surface area contributed by atoms with Gasteiger partial charge in [-0.2, -0.15) is 5.26 Å². The van der Waals surface area contributed by atoms with Crippen LogP contribution < -0.4 is 0 Å². The SMILES string of the molecule is C=CC(C/C=C(\C)C(C#N)C1CCCCC1)C1CCC[C@@H]1C/C=C\CCCC=O.CC.CCC. The summed E-state index contributed by atoms with van der Waals surface area (Å²) in [6, 6.07) is 2.62. The van der Waals surface area contributed by atoms with Crippen molar-refractivity contribution < 1.29 is 4.79 Å². The first-order chi connectivity index (χ1) is 16.6. The van der Waals surface area contributed by atoms with Crippen molar-refractivity contribution in [2.45, 2.75) is 125 Å². The Morgan fingerprint density at radius 1 is 1.03 bits per heavy atom. The van der Waals surface area contributed by atoms with E-state index in [-0.39, 0.29) is 5.92 Å². The van der Waals surface area contributed by atoms with E-state index in [0.29, 0.717) is 24.2 Å². The van der Waals surface area contributed by atoms with Crippen molar-refractivity contribution in [2.24, 2.45) is 29.6 Å². The fourth-order valence-electron chi connectivity index (χ4n) is 5.57. The molecule has 2 rings (SSSR count). The van der Waals surface area contributed by atoms with Crippen LogP contribution in [0.5, 0.6) is 0 Å². The summed E-state index contributed by atoms with van der Waals surface area (Å²) in [4.78, 5) is 10.4. The lowest BCUT2D eigenvalue weighted by Crippen LogP contribution is -2.19. The van der Waals surface area contributed by atoms with E-state index in [1.54, 1.807) is 0 Å². The standard InChI is InChI=1S/C27H41NO.C3H8.C2H6/c1-3-23(19-18-22(2)27(21-28)25-14-9-7-10-15-25)26-17-12-16-24(26)13-8-5-4-6-11-20-29;1-3-2;1-2/h3,5,8,18,20,23-27H,1,4,6-7,9-17,19H2,2H3;3H2,1-2H3;1-2H3/b8-5-,22-18+;;/t23?,24-,26?,27?;;/m0../s1. The number of unbranched alkanes of at least 4 members (excludes halogenated alkanes) is 2. The van der Waals surface area contributed by atoms with Gasteiger partial charge in [-0.25, -0.2) is 0 Å². The largest absolute Gasteiger partial charge is 0.303 e. The maximum Gasteiger partial charge on any atom is 0.120 e. The van der Waals surface area contributed by atoms with E-state index in [1.165, 1.54) is 63.4 Å². The van der Waals surface area contributed by atoms with Crippen molar-refractivity contribution in [3.05, 3.63) is 36.5 Å². The van der Waals surface area contributed by atoms with Gasteiger partial charge in [0.05, 0.1) is 12.0 Å². The molecule has 0 aromatic heterocycles. The van der Waals surface area contributed by atoms with E-state index >= 15 is 0 Å². The van der Waals surface area contributed by atoms with E-state index in [1.807, 2.05) is 13.8 Å². The van der Waals surface area contributed by atoms with Crippen LogP contribution in [0.2, 0.25) is 0 Å². The summed E-state index contributed by atoms with van der Waals surface area (Å²) >= 11 is 0. The molecule has 2 nitrogen and oxygen atoms in total. The number of allylic oxidation sites excluding steroid dienone is 5. The minimum absolute atomic E-state index is 0.106. The van der Waals surface area contributed by atoms with Crippen molar-refractivity contribution in [3.63, 3.8) is 0 Å². The Balaban J connectivity index is 0.00000201. The zero-order chi connectivity index (χ0) is 25.6. The van der Waals surface area contributed by atoms with Crippen LogP contribution in [0.3, 0.4) is 0 Å². The number of hydrogen-bond acceptors (Lipinski definition) is 2. The molecule has 2 saturated carbocycles. The minimum Gasteiger partial charge on any atom is -0.303 e. The maximum absolute atomic E-state index is 10.4. The van der Waals surface area contributed by atoms with Crippen molar-refractivity contribution in [3.8, 4) is 6.07 Å². The first kappa shape index (κ1) is 32.4. The summed E-state index contributed by atoms with van der Waals surface area (Å²) in [5, 5.41) is 9.76. The summed E-state index contributed by atoms with van der Waals surface area (Å²) in [6.45, 7) is 14.6. The Bertz CT molecular complexity index is 605. The summed E-state index contributed by atoms with van der Waals surface area (Å²) in [5.74, 6) is 2.65. The summed E-state index contributed by atoms with van der Waals surface area (Å²) < 4.78 is 0. The van der Waals surface area contributed by atoms with Crippen LogP contribution in [0.4, 0.5) is 0 Å². The Morgan fingerprint density at radius 3 is 2.29 bits per heavy atom. The molecule has 0 heterocycles. The molecular weight excluding hydrogens is 414 g/mol. The summed E-state index contributed by atoms with van der Waals surface area (Å²) in [5.41, 5.74) is 1.29. The number of nitrogens with zero attached hydrogens (tertiary/aromatic N) is 1. The van der Waals surface area contributed by atoms with Gasteiger partial charge >= 0.3 is 0 Å². The van der Waals surface area contributed by atoms with Gasteiger partial charge in [0.15, 0.2) is 0 Å². The molecular formula is C32H55NO. The summed E-state index contributed by atoms with van der Waals surface area (Å²) in [6.07, 6.45) is 26.5. The summed E-state index contributed by atoms with van der Waals surface area (Å²) in [7, 11) is 0. The lowest BCUT2D eigenvalue weighted by atomic mass is 9.76. The topological polar surface area (TPSA) is 40.9 Å². The highest BCUT2D eigenvalue weighted by molar-refractivity contribution is 5.49. The average molecular weight is 470 g/mol. The zero-order valence-electron chi connectivity index (χ0n) is 23.2. The highest BCUT2D eigenvalue weighted by Gasteiger charge is 2.31. The molecule has 0 radical (unpaired) electrons. The molecule has 0 aliphatic heterocycles. The Labute approximate surface area is 213 Å². The number of nitriles is 1. The molecule has 34 heavy (non-hydrogen) atoms. The van der Waals surface area contributed by atoms with Gasteiger partial charge in [-0.15, -0.1) is 6.58 Å². The van der Waals surface area contributed by atoms with Gasteiger partial charge in [0.1, 0.15) is 6.29 Å². The lowest BCUT2D eigenvalue weighted by molar-refractivity contribution is -0.107. The molecule has 0 spiro atoms. The number of hydrogen-bond donors (Lipinski definition) is 0. The average Bonchev–Trinajstić information content (AvgIpc) is 3.33. The van der Waals surface area contributed by atoms with E-state index in [2.05, 4.69) is 57.7 Å². The van der Waals surface area contributed by atoms with E-state index in [4.69, 9.17) is 0 Å². The minimum atomic E-state index is 0.106. The third-order valence-corrected chi connectivity index (χ3v) is 7.33. The molecule has 0 saturated heterocycles.